The Hall–Kier alpha value is -0.340. The maximum Gasteiger partial charge on any atom is 0.0166 e. The molecule has 0 saturated heterocycles. The summed E-state index contributed by atoms with van der Waals surface area (Å²) in [5.74, 6) is 0. The lowest BCUT2D eigenvalue weighted by atomic mass is 10.2. The minimum absolute atomic E-state index is 0.655. The Kier molecular flexibility index (Phi) is 9.00. The lowest BCUT2D eigenvalue weighted by molar-refractivity contribution is 0.223. The van der Waals surface area contributed by atoms with Gasteiger partial charge in [-0.3, -0.25) is 4.90 Å². The molecule has 0 aromatic rings. The first-order chi connectivity index (χ1) is 6.76. The second kappa shape index (κ2) is 9.22. The van der Waals surface area contributed by atoms with Crippen molar-refractivity contribution < 1.29 is 0 Å². The van der Waals surface area contributed by atoms with E-state index in [9.17, 15) is 0 Å². The van der Waals surface area contributed by atoms with Crippen molar-refractivity contribution in [1.82, 2.24) is 4.90 Å². The summed E-state index contributed by atoms with van der Waals surface area (Å²) in [6, 6.07) is 0.684. The molecule has 0 aliphatic carbocycles. The van der Waals surface area contributed by atoms with Crippen LogP contribution in [0.15, 0.2) is 12.2 Å². The molecular formula is C12H26N2. The highest BCUT2D eigenvalue weighted by Crippen LogP contribution is 2.05. The van der Waals surface area contributed by atoms with Crippen LogP contribution in [0.25, 0.3) is 0 Å². The summed E-state index contributed by atoms with van der Waals surface area (Å²) in [6.45, 7) is 9.70. The summed E-state index contributed by atoms with van der Waals surface area (Å²) in [7, 11) is 0. The fraction of sp³-hybridized carbons (Fsp3) is 0.833. The van der Waals surface area contributed by atoms with Crippen LogP contribution in [0, 0.1) is 0 Å². The minimum Gasteiger partial charge on any atom is -0.327 e. The summed E-state index contributed by atoms with van der Waals surface area (Å²) in [6.07, 6.45) is 8.01. The van der Waals surface area contributed by atoms with Gasteiger partial charge in [-0.15, -0.1) is 0 Å². The number of hydrogen-bond acceptors (Lipinski definition) is 2. The highest BCUT2D eigenvalue weighted by molar-refractivity contribution is 4.86. The Labute approximate surface area is 89.2 Å². The lowest BCUT2D eigenvalue weighted by Crippen LogP contribution is -2.33. The quantitative estimate of drug-likeness (QED) is 0.607. The molecule has 1 atom stereocenters. The van der Waals surface area contributed by atoms with Gasteiger partial charge in [-0.25, -0.2) is 0 Å². The van der Waals surface area contributed by atoms with Crippen molar-refractivity contribution >= 4 is 0 Å². The molecule has 0 radical (unpaired) electrons. The molecule has 84 valence electrons. The van der Waals surface area contributed by atoms with Crippen molar-refractivity contribution in [3.63, 3.8) is 0 Å². The van der Waals surface area contributed by atoms with E-state index in [1.165, 1.54) is 25.8 Å². The van der Waals surface area contributed by atoms with E-state index in [1.807, 2.05) is 6.08 Å². The molecule has 2 nitrogen and oxygen atoms in total. The van der Waals surface area contributed by atoms with Gasteiger partial charge in [0.25, 0.3) is 0 Å². The van der Waals surface area contributed by atoms with Gasteiger partial charge in [0, 0.05) is 19.1 Å². The van der Waals surface area contributed by atoms with Crippen molar-refractivity contribution in [2.45, 2.75) is 46.1 Å². The Balaban J connectivity index is 3.89. The van der Waals surface area contributed by atoms with Gasteiger partial charge in [0.05, 0.1) is 0 Å². The van der Waals surface area contributed by atoms with Crippen LogP contribution in [0.2, 0.25) is 0 Å². The van der Waals surface area contributed by atoms with Crippen LogP contribution in [0.1, 0.15) is 40.0 Å². The predicted octanol–water partition coefficient (Wildman–Crippen LogP) is 2.40. The molecule has 0 amide bonds. The summed E-state index contributed by atoms with van der Waals surface area (Å²) in [5, 5.41) is 0. The number of rotatable bonds is 8. The zero-order chi connectivity index (χ0) is 10.8. The molecule has 0 spiro atoms. The van der Waals surface area contributed by atoms with Crippen LogP contribution in [-0.2, 0) is 0 Å². The monoisotopic (exact) mass is 198 g/mol. The molecule has 0 aromatic heterocycles. The zero-order valence-corrected chi connectivity index (χ0v) is 10.00. The molecule has 0 fully saturated rings. The smallest absolute Gasteiger partial charge is 0.0166 e. The largest absolute Gasteiger partial charge is 0.327 e. The number of nitrogens with zero attached hydrogens (tertiary/aromatic N) is 1. The average molecular weight is 198 g/mol. The molecule has 0 aromatic carbocycles. The first kappa shape index (κ1) is 13.7. The maximum absolute atomic E-state index is 5.42. The first-order valence-corrected chi connectivity index (χ1v) is 5.85. The zero-order valence-electron chi connectivity index (χ0n) is 10.00. The molecule has 0 aliphatic heterocycles. The van der Waals surface area contributed by atoms with Crippen LogP contribution < -0.4 is 5.73 Å². The third-order valence-corrected chi connectivity index (χ3v) is 2.66. The van der Waals surface area contributed by atoms with Crippen molar-refractivity contribution in [2.75, 3.05) is 19.6 Å². The van der Waals surface area contributed by atoms with Crippen molar-refractivity contribution in [2.24, 2.45) is 5.73 Å². The van der Waals surface area contributed by atoms with E-state index in [0.29, 0.717) is 12.6 Å². The maximum atomic E-state index is 5.42. The lowest BCUT2D eigenvalue weighted by Gasteiger charge is -2.26. The van der Waals surface area contributed by atoms with E-state index >= 15 is 0 Å². The third kappa shape index (κ3) is 6.17. The molecule has 0 heterocycles. The van der Waals surface area contributed by atoms with Crippen LogP contribution in [0.5, 0.6) is 0 Å². The van der Waals surface area contributed by atoms with Gasteiger partial charge >= 0.3 is 0 Å². The summed E-state index contributed by atoms with van der Waals surface area (Å²) in [5.41, 5.74) is 5.42. The summed E-state index contributed by atoms with van der Waals surface area (Å²) < 4.78 is 0. The number of hydrogen-bond donors (Lipinski definition) is 1. The van der Waals surface area contributed by atoms with Crippen molar-refractivity contribution in [3.8, 4) is 0 Å². The fourth-order valence-corrected chi connectivity index (χ4v) is 1.42. The van der Waals surface area contributed by atoms with Crippen LogP contribution >= 0.6 is 0 Å². The average Bonchev–Trinajstić information content (AvgIpc) is 2.22. The van der Waals surface area contributed by atoms with E-state index in [1.54, 1.807) is 0 Å². The molecule has 0 aliphatic rings. The van der Waals surface area contributed by atoms with E-state index < -0.39 is 0 Å². The highest BCUT2D eigenvalue weighted by atomic mass is 15.1. The third-order valence-electron chi connectivity index (χ3n) is 2.66. The Morgan fingerprint density at radius 1 is 1.29 bits per heavy atom. The highest BCUT2D eigenvalue weighted by Gasteiger charge is 2.08. The van der Waals surface area contributed by atoms with Gasteiger partial charge in [-0.1, -0.05) is 32.4 Å². The molecule has 0 saturated carbocycles. The van der Waals surface area contributed by atoms with E-state index in [2.05, 4.69) is 31.7 Å². The SMILES string of the molecule is CCCCN(CC=CCN)C(C)CC. The van der Waals surface area contributed by atoms with Gasteiger partial charge in [0.2, 0.25) is 0 Å². The Bertz CT molecular complexity index is 143. The second-order valence-corrected chi connectivity index (χ2v) is 3.81. The van der Waals surface area contributed by atoms with Gasteiger partial charge in [0.15, 0.2) is 0 Å². The van der Waals surface area contributed by atoms with Gasteiger partial charge in [-0.2, -0.15) is 0 Å². The van der Waals surface area contributed by atoms with Crippen molar-refractivity contribution in [3.05, 3.63) is 12.2 Å². The van der Waals surface area contributed by atoms with Gasteiger partial charge in [0.1, 0.15) is 0 Å². The molecular weight excluding hydrogens is 172 g/mol. The normalized spacial score (nSPS) is 14.1. The van der Waals surface area contributed by atoms with Crippen LogP contribution in [0.4, 0.5) is 0 Å². The minimum atomic E-state index is 0.655. The second-order valence-electron chi connectivity index (χ2n) is 3.81. The Morgan fingerprint density at radius 2 is 2.00 bits per heavy atom. The van der Waals surface area contributed by atoms with Crippen LogP contribution in [-0.4, -0.2) is 30.6 Å². The molecule has 1 unspecified atom stereocenters. The predicted molar refractivity (Wildman–Crippen MR) is 64.4 cm³/mol. The fourth-order valence-electron chi connectivity index (χ4n) is 1.42. The summed E-state index contributed by atoms with van der Waals surface area (Å²) >= 11 is 0. The molecule has 14 heavy (non-hydrogen) atoms. The van der Waals surface area contributed by atoms with Gasteiger partial charge < -0.3 is 5.73 Å². The molecule has 0 bridgehead atoms. The van der Waals surface area contributed by atoms with Gasteiger partial charge in [-0.05, 0) is 26.3 Å². The van der Waals surface area contributed by atoms with E-state index in [4.69, 9.17) is 5.73 Å². The van der Waals surface area contributed by atoms with E-state index in [0.717, 1.165) is 6.54 Å². The molecule has 2 N–H and O–H groups in total. The Morgan fingerprint density at radius 3 is 2.50 bits per heavy atom. The summed E-state index contributed by atoms with van der Waals surface area (Å²) in [4.78, 5) is 2.52. The van der Waals surface area contributed by atoms with E-state index in [-0.39, 0.29) is 0 Å². The van der Waals surface area contributed by atoms with Crippen molar-refractivity contribution in [1.29, 1.82) is 0 Å². The van der Waals surface area contributed by atoms with Crippen LogP contribution in [0.3, 0.4) is 0 Å². The number of unbranched alkanes of at least 4 members (excludes halogenated alkanes) is 1. The molecule has 0 rings (SSSR count). The topological polar surface area (TPSA) is 29.3 Å². The first-order valence-electron chi connectivity index (χ1n) is 5.85. The number of nitrogens with two attached hydrogens (primary N) is 1. The molecule has 2 heteroatoms. The standard InChI is InChI=1S/C12H26N2/c1-4-6-10-14(12(3)5-2)11-8-7-9-13/h7-8,12H,4-6,9-11,13H2,1-3H3.